The Bertz CT molecular complexity index is 775. The number of benzene rings is 2. The fourth-order valence-corrected chi connectivity index (χ4v) is 2.77. The zero-order valence-corrected chi connectivity index (χ0v) is 14.4. The summed E-state index contributed by atoms with van der Waals surface area (Å²) in [5.74, 6) is -0.326. The highest BCUT2D eigenvalue weighted by molar-refractivity contribution is 6.02. The van der Waals surface area contributed by atoms with Gasteiger partial charge in [-0.2, -0.15) is 5.26 Å². The Morgan fingerprint density at radius 1 is 1.12 bits per heavy atom. The fourth-order valence-electron chi connectivity index (χ4n) is 2.77. The normalized spacial score (nSPS) is 11.0. The SMILES string of the molecule is Cc1cc(C)c(/C=C(\C#N)C(=O)NCCc2ccccc2)c(C)c1. The van der Waals surface area contributed by atoms with Crippen LogP contribution in [0, 0.1) is 32.1 Å². The molecule has 0 aromatic heterocycles. The molecule has 0 saturated carbocycles. The quantitative estimate of drug-likeness (QED) is 0.672. The number of nitriles is 1. The molecule has 0 spiro atoms. The molecule has 0 aliphatic rings. The van der Waals surface area contributed by atoms with Gasteiger partial charge in [0.05, 0.1) is 0 Å². The van der Waals surface area contributed by atoms with Crippen LogP contribution in [0.5, 0.6) is 0 Å². The van der Waals surface area contributed by atoms with Crippen LogP contribution in [0.3, 0.4) is 0 Å². The molecule has 0 heterocycles. The van der Waals surface area contributed by atoms with Crippen molar-refractivity contribution in [3.8, 4) is 6.07 Å². The minimum atomic E-state index is -0.326. The van der Waals surface area contributed by atoms with Crippen molar-refractivity contribution in [3.63, 3.8) is 0 Å². The van der Waals surface area contributed by atoms with Gasteiger partial charge in [0.15, 0.2) is 0 Å². The summed E-state index contributed by atoms with van der Waals surface area (Å²) in [6.45, 7) is 6.53. The minimum Gasteiger partial charge on any atom is -0.351 e. The molecule has 0 saturated heterocycles. The zero-order chi connectivity index (χ0) is 17.5. The van der Waals surface area contributed by atoms with Gasteiger partial charge in [-0.3, -0.25) is 4.79 Å². The van der Waals surface area contributed by atoms with E-state index in [1.807, 2.05) is 57.2 Å². The monoisotopic (exact) mass is 318 g/mol. The highest BCUT2D eigenvalue weighted by Crippen LogP contribution is 2.19. The van der Waals surface area contributed by atoms with Crippen molar-refractivity contribution >= 4 is 12.0 Å². The highest BCUT2D eigenvalue weighted by Gasteiger charge is 2.10. The van der Waals surface area contributed by atoms with Crippen LogP contribution in [0.1, 0.15) is 27.8 Å². The maximum absolute atomic E-state index is 12.3. The van der Waals surface area contributed by atoms with Gasteiger partial charge in [0.25, 0.3) is 5.91 Å². The molecular formula is C21H22N2O. The maximum atomic E-state index is 12.3. The second-order valence-corrected chi connectivity index (χ2v) is 5.97. The van der Waals surface area contributed by atoms with E-state index in [1.54, 1.807) is 6.08 Å². The molecule has 0 unspecified atom stereocenters. The van der Waals surface area contributed by atoms with E-state index >= 15 is 0 Å². The first-order chi connectivity index (χ1) is 11.5. The number of hydrogen-bond donors (Lipinski definition) is 1. The van der Waals surface area contributed by atoms with Crippen LogP contribution in [0.15, 0.2) is 48.0 Å². The van der Waals surface area contributed by atoms with Crippen molar-refractivity contribution < 1.29 is 4.79 Å². The lowest BCUT2D eigenvalue weighted by molar-refractivity contribution is -0.117. The minimum absolute atomic E-state index is 0.137. The van der Waals surface area contributed by atoms with Gasteiger partial charge >= 0.3 is 0 Å². The number of carbonyl (C=O) groups excluding carboxylic acids is 1. The first-order valence-corrected chi connectivity index (χ1v) is 8.03. The second kappa shape index (κ2) is 8.12. The summed E-state index contributed by atoms with van der Waals surface area (Å²) < 4.78 is 0. The number of nitrogens with zero attached hydrogens (tertiary/aromatic N) is 1. The molecule has 122 valence electrons. The van der Waals surface area contributed by atoms with Crippen molar-refractivity contribution in [3.05, 3.63) is 75.9 Å². The van der Waals surface area contributed by atoms with Gasteiger partial charge in [-0.05, 0) is 55.5 Å². The Hall–Kier alpha value is -2.86. The lowest BCUT2D eigenvalue weighted by Gasteiger charge is -2.09. The number of rotatable bonds is 5. The number of amides is 1. The van der Waals surface area contributed by atoms with Gasteiger partial charge in [0, 0.05) is 6.54 Å². The van der Waals surface area contributed by atoms with Crippen LogP contribution in [-0.2, 0) is 11.2 Å². The summed E-state index contributed by atoms with van der Waals surface area (Å²) in [6, 6.07) is 16.1. The van der Waals surface area contributed by atoms with Gasteiger partial charge in [-0.25, -0.2) is 0 Å². The Morgan fingerprint density at radius 2 is 1.75 bits per heavy atom. The molecular weight excluding hydrogens is 296 g/mol. The largest absolute Gasteiger partial charge is 0.351 e. The predicted molar refractivity (Wildman–Crippen MR) is 97.4 cm³/mol. The molecule has 0 aliphatic carbocycles. The van der Waals surface area contributed by atoms with E-state index in [2.05, 4.69) is 17.4 Å². The Labute approximate surface area is 143 Å². The van der Waals surface area contributed by atoms with Gasteiger partial charge in [-0.15, -0.1) is 0 Å². The van der Waals surface area contributed by atoms with E-state index in [9.17, 15) is 10.1 Å². The third-order valence-electron chi connectivity index (χ3n) is 3.93. The molecule has 3 heteroatoms. The molecule has 1 amide bonds. The van der Waals surface area contributed by atoms with Crippen LogP contribution in [0.25, 0.3) is 6.08 Å². The van der Waals surface area contributed by atoms with E-state index in [4.69, 9.17) is 0 Å². The Morgan fingerprint density at radius 3 is 2.33 bits per heavy atom. The third-order valence-corrected chi connectivity index (χ3v) is 3.93. The summed E-state index contributed by atoms with van der Waals surface area (Å²) in [5.41, 5.74) is 5.54. The van der Waals surface area contributed by atoms with Crippen LogP contribution in [-0.4, -0.2) is 12.5 Å². The Balaban J connectivity index is 2.08. The summed E-state index contributed by atoms with van der Waals surface area (Å²) in [6.07, 6.45) is 2.43. The standard InChI is InChI=1S/C21H22N2O/c1-15-11-16(2)20(17(3)12-15)13-19(14-22)21(24)23-10-9-18-7-5-4-6-8-18/h4-8,11-13H,9-10H2,1-3H3,(H,23,24)/b19-13+. The van der Waals surface area contributed by atoms with E-state index in [1.165, 1.54) is 5.56 Å². The summed E-state index contributed by atoms with van der Waals surface area (Å²) in [7, 11) is 0. The van der Waals surface area contributed by atoms with Crippen molar-refractivity contribution in [2.75, 3.05) is 6.54 Å². The summed E-state index contributed by atoms with van der Waals surface area (Å²) in [4.78, 5) is 12.3. The van der Waals surface area contributed by atoms with Gasteiger partial charge < -0.3 is 5.32 Å². The first kappa shape index (κ1) is 17.5. The fraction of sp³-hybridized carbons (Fsp3) is 0.238. The van der Waals surface area contributed by atoms with Gasteiger partial charge in [0.1, 0.15) is 11.6 Å². The number of aryl methyl sites for hydroxylation is 3. The van der Waals surface area contributed by atoms with Gasteiger partial charge in [-0.1, -0.05) is 48.0 Å². The van der Waals surface area contributed by atoms with Crippen LogP contribution < -0.4 is 5.32 Å². The molecule has 2 aromatic rings. The molecule has 24 heavy (non-hydrogen) atoms. The molecule has 2 rings (SSSR count). The first-order valence-electron chi connectivity index (χ1n) is 8.03. The Kier molecular flexibility index (Phi) is 5.92. The molecule has 0 aliphatic heterocycles. The van der Waals surface area contributed by atoms with E-state index in [-0.39, 0.29) is 11.5 Å². The van der Waals surface area contributed by atoms with Crippen molar-refractivity contribution in [2.24, 2.45) is 0 Å². The van der Waals surface area contributed by atoms with Gasteiger partial charge in [0.2, 0.25) is 0 Å². The zero-order valence-electron chi connectivity index (χ0n) is 14.4. The predicted octanol–water partition coefficient (Wildman–Crippen LogP) is 3.88. The third kappa shape index (κ3) is 4.57. The van der Waals surface area contributed by atoms with Crippen LogP contribution in [0.4, 0.5) is 0 Å². The lowest BCUT2D eigenvalue weighted by Crippen LogP contribution is -2.26. The van der Waals surface area contributed by atoms with E-state index < -0.39 is 0 Å². The molecule has 0 bridgehead atoms. The lowest BCUT2D eigenvalue weighted by atomic mass is 9.98. The summed E-state index contributed by atoms with van der Waals surface area (Å²) >= 11 is 0. The number of carbonyl (C=O) groups is 1. The summed E-state index contributed by atoms with van der Waals surface area (Å²) in [5, 5.41) is 12.2. The number of hydrogen-bond acceptors (Lipinski definition) is 2. The molecule has 3 nitrogen and oxygen atoms in total. The maximum Gasteiger partial charge on any atom is 0.261 e. The van der Waals surface area contributed by atoms with Crippen molar-refractivity contribution in [1.29, 1.82) is 5.26 Å². The second-order valence-electron chi connectivity index (χ2n) is 5.97. The molecule has 0 fully saturated rings. The molecule has 1 N–H and O–H groups in total. The van der Waals surface area contributed by atoms with E-state index in [0.717, 1.165) is 28.7 Å². The van der Waals surface area contributed by atoms with Crippen LogP contribution in [0.2, 0.25) is 0 Å². The average molecular weight is 318 g/mol. The molecule has 2 aromatic carbocycles. The highest BCUT2D eigenvalue weighted by atomic mass is 16.1. The topological polar surface area (TPSA) is 52.9 Å². The average Bonchev–Trinajstić information content (AvgIpc) is 2.55. The van der Waals surface area contributed by atoms with Crippen LogP contribution >= 0.6 is 0 Å². The molecule has 0 radical (unpaired) electrons. The molecule has 0 atom stereocenters. The van der Waals surface area contributed by atoms with Crippen molar-refractivity contribution in [2.45, 2.75) is 27.2 Å². The van der Waals surface area contributed by atoms with E-state index in [0.29, 0.717) is 6.54 Å². The number of nitrogens with one attached hydrogen (secondary N) is 1. The van der Waals surface area contributed by atoms with Crippen molar-refractivity contribution in [1.82, 2.24) is 5.32 Å². The smallest absolute Gasteiger partial charge is 0.261 e.